The molecule has 0 aromatic heterocycles. The van der Waals surface area contributed by atoms with Gasteiger partial charge >= 0.3 is 0 Å². The predicted molar refractivity (Wildman–Crippen MR) is 41.5 cm³/mol. The number of nitrogens with zero attached hydrogens (tertiary/aromatic N) is 1. The standard InChI is InChI=1S/C7H14N2O/c1-5(7(8)10)6(2)9(3)4/h6H,1H2,2-4H3,(H2,8,10). The zero-order valence-corrected chi connectivity index (χ0v) is 6.72. The van der Waals surface area contributed by atoms with Crippen LogP contribution in [0.1, 0.15) is 6.92 Å². The van der Waals surface area contributed by atoms with Gasteiger partial charge < -0.3 is 10.6 Å². The van der Waals surface area contributed by atoms with Crippen molar-refractivity contribution in [2.45, 2.75) is 13.0 Å². The summed E-state index contributed by atoms with van der Waals surface area (Å²) in [4.78, 5) is 12.4. The van der Waals surface area contributed by atoms with Crippen molar-refractivity contribution >= 4 is 5.91 Å². The lowest BCUT2D eigenvalue weighted by Crippen LogP contribution is -2.32. The summed E-state index contributed by atoms with van der Waals surface area (Å²) < 4.78 is 0. The molecular weight excluding hydrogens is 128 g/mol. The van der Waals surface area contributed by atoms with Crippen LogP contribution in [0.2, 0.25) is 0 Å². The maximum Gasteiger partial charge on any atom is 0.245 e. The molecule has 3 heteroatoms. The number of carbonyl (C=O) groups is 1. The first kappa shape index (κ1) is 9.17. The molecule has 0 radical (unpaired) electrons. The Morgan fingerprint density at radius 3 is 2.10 bits per heavy atom. The smallest absolute Gasteiger partial charge is 0.245 e. The largest absolute Gasteiger partial charge is 0.366 e. The van der Waals surface area contributed by atoms with Crippen LogP contribution in [0.15, 0.2) is 12.2 Å². The molecule has 3 nitrogen and oxygen atoms in total. The Bertz CT molecular complexity index is 152. The van der Waals surface area contributed by atoms with Crippen molar-refractivity contribution < 1.29 is 4.79 Å². The molecule has 0 aromatic rings. The third-order valence-corrected chi connectivity index (χ3v) is 1.60. The molecule has 0 heterocycles. The van der Waals surface area contributed by atoms with Crippen molar-refractivity contribution in [3.05, 3.63) is 12.2 Å². The molecule has 1 amide bonds. The Morgan fingerprint density at radius 1 is 1.60 bits per heavy atom. The second kappa shape index (κ2) is 3.37. The SMILES string of the molecule is C=C(C(N)=O)C(C)N(C)C. The highest BCUT2D eigenvalue weighted by Gasteiger charge is 2.12. The third-order valence-electron chi connectivity index (χ3n) is 1.60. The Kier molecular flexibility index (Phi) is 3.09. The number of amides is 1. The number of rotatable bonds is 3. The highest BCUT2D eigenvalue weighted by Crippen LogP contribution is 2.02. The van der Waals surface area contributed by atoms with Gasteiger partial charge in [0.25, 0.3) is 0 Å². The van der Waals surface area contributed by atoms with Gasteiger partial charge in [-0.2, -0.15) is 0 Å². The molecule has 0 aromatic carbocycles. The zero-order chi connectivity index (χ0) is 8.31. The molecule has 0 aliphatic rings. The first-order valence-electron chi connectivity index (χ1n) is 3.12. The van der Waals surface area contributed by atoms with E-state index in [1.54, 1.807) is 0 Å². The minimum atomic E-state index is -0.429. The van der Waals surface area contributed by atoms with E-state index in [9.17, 15) is 4.79 Å². The summed E-state index contributed by atoms with van der Waals surface area (Å²) >= 11 is 0. The van der Waals surface area contributed by atoms with E-state index in [4.69, 9.17) is 5.73 Å². The maximum absolute atomic E-state index is 10.5. The summed E-state index contributed by atoms with van der Waals surface area (Å²) in [7, 11) is 3.75. The van der Waals surface area contributed by atoms with Crippen molar-refractivity contribution in [1.29, 1.82) is 0 Å². The van der Waals surface area contributed by atoms with Crippen LogP contribution < -0.4 is 5.73 Å². The minimum absolute atomic E-state index is 0.0255. The molecule has 0 rings (SSSR count). The maximum atomic E-state index is 10.5. The molecule has 2 N–H and O–H groups in total. The molecule has 10 heavy (non-hydrogen) atoms. The van der Waals surface area contributed by atoms with Crippen LogP contribution in [0.4, 0.5) is 0 Å². The second-order valence-corrected chi connectivity index (χ2v) is 2.53. The molecule has 1 unspecified atom stereocenters. The number of hydrogen-bond donors (Lipinski definition) is 1. The van der Waals surface area contributed by atoms with Gasteiger partial charge in [0.2, 0.25) is 5.91 Å². The number of hydrogen-bond acceptors (Lipinski definition) is 2. The van der Waals surface area contributed by atoms with E-state index >= 15 is 0 Å². The van der Waals surface area contributed by atoms with Crippen LogP contribution in [-0.4, -0.2) is 30.9 Å². The van der Waals surface area contributed by atoms with Crippen molar-refractivity contribution in [1.82, 2.24) is 4.90 Å². The van der Waals surface area contributed by atoms with Crippen LogP contribution in [0.3, 0.4) is 0 Å². The van der Waals surface area contributed by atoms with E-state index in [2.05, 4.69) is 6.58 Å². The molecule has 0 spiro atoms. The van der Waals surface area contributed by atoms with E-state index in [0.29, 0.717) is 5.57 Å². The fourth-order valence-corrected chi connectivity index (χ4v) is 0.518. The van der Waals surface area contributed by atoms with Crippen molar-refractivity contribution in [3.63, 3.8) is 0 Å². The summed E-state index contributed by atoms with van der Waals surface area (Å²) in [5.41, 5.74) is 5.46. The lowest BCUT2D eigenvalue weighted by molar-refractivity contribution is -0.115. The molecule has 1 atom stereocenters. The molecule has 0 fully saturated rings. The Labute approximate surface area is 61.5 Å². The van der Waals surface area contributed by atoms with E-state index in [1.165, 1.54) is 0 Å². The first-order chi connectivity index (χ1) is 4.46. The average molecular weight is 142 g/mol. The van der Waals surface area contributed by atoms with Gasteiger partial charge in [-0.3, -0.25) is 4.79 Å². The lowest BCUT2D eigenvalue weighted by atomic mass is 10.1. The molecule has 0 saturated heterocycles. The van der Waals surface area contributed by atoms with E-state index in [0.717, 1.165) is 0 Å². The topological polar surface area (TPSA) is 46.3 Å². The van der Waals surface area contributed by atoms with Crippen LogP contribution in [0.5, 0.6) is 0 Å². The predicted octanol–water partition coefficient (Wildman–Crippen LogP) is -0.0220. The van der Waals surface area contributed by atoms with Crippen LogP contribution >= 0.6 is 0 Å². The van der Waals surface area contributed by atoms with Gasteiger partial charge in [0.05, 0.1) is 0 Å². The zero-order valence-electron chi connectivity index (χ0n) is 6.72. The summed E-state index contributed by atoms with van der Waals surface area (Å²) in [5, 5.41) is 0. The summed E-state index contributed by atoms with van der Waals surface area (Å²) in [6.45, 7) is 5.44. The average Bonchev–Trinajstić information content (AvgIpc) is 1.84. The van der Waals surface area contributed by atoms with Gasteiger partial charge in [0.15, 0.2) is 0 Å². The number of carbonyl (C=O) groups excluding carboxylic acids is 1. The molecule has 0 aliphatic carbocycles. The number of likely N-dealkylation sites (N-methyl/N-ethyl adjacent to an activating group) is 1. The monoisotopic (exact) mass is 142 g/mol. The van der Waals surface area contributed by atoms with Crippen LogP contribution in [-0.2, 0) is 4.79 Å². The van der Waals surface area contributed by atoms with Gasteiger partial charge in [-0.05, 0) is 21.0 Å². The third kappa shape index (κ3) is 2.19. The molecule has 0 bridgehead atoms. The lowest BCUT2D eigenvalue weighted by Gasteiger charge is -2.19. The van der Waals surface area contributed by atoms with Gasteiger partial charge in [-0.15, -0.1) is 0 Å². The van der Waals surface area contributed by atoms with Crippen LogP contribution in [0.25, 0.3) is 0 Å². The fraction of sp³-hybridized carbons (Fsp3) is 0.571. The van der Waals surface area contributed by atoms with E-state index in [1.807, 2.05) is 25.9 Å². The molecule has 0 aliphatic heterocycles. The van der Waals surface area contributed by atoms with Gasteiger partial charge in [-0.25, -0.2) is 0 Å². The van der Waals surface area contributed by atoms with Crippen molar-refractivity contribution in [2.75, 3.05) is 14.1 Å². The van der Waals surface area contributed by atoms with E-state index < -0.39 is 5.91 Å². The van der Waals surface area contributed by atoms with E-state index in [-0.39, 0.29) is 6.04 Å². The second-order valence-electron chi connectivity index (χ2n) is 2.53. The summed E-state index contributed by atoms with van der Waals surface area (Å²) in [6, 6.07) is 0.0255. The van der Waals surface area contributed by atoms with Gasteiger partial charge in [0.1, 0.15) is 0 Å². The summed E-state index contributed by atoms with van der Waals surface area (Å²) in [6.07, 6.45) is 0. The Balaban J connectivity index is 4.08. The van der Waals surface area contributed by atoms with Gasteiger partial charge in [0, 0.05) is 11.6 Å². The normalized spacial score (nSPS) is 13.2. The van der Waals surface area contributed by atoms with Gasteiger partial charge in [-0.1, -0.05) is 6.58 Å². The highest BCUT2D eigenvalue weighted by atomic mass is 16.1. The van der Waals surface area contributed by atoms with Crippen LogP contribution in [0, 0.1) is 0 Å². The molecule has 0 saturated carbocycles. The highest BCUT2D eigenvalue weighted by molar-refractivity contribution is 5.92. The van der Waals surface area contributed by atoms with Crippen molar-refractivity contribution in [3.8, 4) is 0 Å². The quantitative estimate of drug-likeness (QED) is 0.563. The minimum Gasteiger partial charge on any atom is -0.366 e. The first-order valence-corrected chi connectivity index (χ1v) is 3.12. The fourth-order valence-electron chi connectivity index (χ4n) is 0.518. The Hall–Kier alpha value is -0.830. The number of primary amides is 1. The molecule has 58 valence electrons. The number of nitrogens with two attached hydrogens (primary N) is 1. The molecular formula is C7H14N2O. The van der Waals surface area contributed by atoms with Crippen molar-refractivity contribution in [2.24, 2.45) is 5.73 Å². The Morgan fingerprint density at radius 2 is 2.00 bits per heavy atom. The summed E-state index contributed by atoms with van der Waals surface area (Å²) in [5.74, 6) is -0.429.